The number of hydrogen-bond donors (Lipinski definition) is 2. The molecule has 0 spiro atoms. The molecule has 2 aromatic carbocycles. The molecule has 5 heteroatoms. The monoisotopic (exact) mass is 306 g/mol. The Hall–Kier alpha value is -2.95. The molecule has 0 saturated heterocycles. The quantitative estimate of drug-likeness (QED) is 0.504. The number of amidine groups is 1. The van der Waals surface area contributed by atoms with Gasteiger partial charge < -0.3 is 11.1 Å². The predicted molar refractivity (Wildman–Crippen MR) is 94.6 cm³/mol. The second-order valence-electron chi connectivity index (χ2n) is 5.59. The molecule has 0 amide bonds. The van der Waals surface area contributed by atoms with E-state index in [2.05, 4.69) is 28.5 Å². The summed E-state index contributed by atoms with van der Waals surface area (Å²) in [5.74, 6) is 1.25. The first kappa shape index (κ1) is 15.0. The van der Waals surface area contributed by atoms with E-state index in [4.69, 9.17) is 5.73 Å². The zero-order valence-corrected chi connectivity index (χ0v) is 13.3. The molecule has 0 aliphatic carbocycles. The van der Waals surface area contributed by atoms with Crippen molar-refractivity contribution in [1.29, 1.82) is 0 Å². The first-order chi connectivity index (χ1) is 11.1. The van der Waals surface area contributed by atoms with Gasteiger partial charge >= 0.3 is 5.84 Å². The number of nitrogen functional groups attached to an aromatic ring is 1. The molecular weight excluding hydrogens is 286 g/mol. The summed E-state index contributed by atoms with van der Waals surface area (Å²) in [7, 11) is 1.98. The van der Waals surface area contributed by atoms with Crippen molar-refractivity contribution in [2.45, 2.75) is 6.92 Å². The molecule has 0 radical (unpaired) electrons. The molecule has 1 aliphatic rings. The van der Waals surface area contributed by atoms with E-state index in [0.29, 0.717) is 5.92 Å². The van der Waals surface area contributed by atoms with Crippen LogP contribution in [0.4, 0.5) is 22.7 Å². The summed E-state index contributed by atoms with van der Waals surface area (Å²) in [4.78, 5) is 0. The molecule has 0 bridgehead atoms. The summed E-state index contributed by atoms with van der Waals surface area (Å²) >= 11 is 0. The molecule has 23 heavy (non-hydrogen) atoms. The van der Waals surface area contributed by atoms with Gasteiger partial charge in [-0.25, -0.2) is 4.58 Å². The van der Waals surface area contributed by atoms with Crippen LogP contribution >= 0.6 is 0 Å². The van der Waals surface area contributed by atoms with E-state index in [1.54, 1.807) is 0 Å². The maximum atomic E-state index is 5.68. The average Bonchev–Trinajstić information content (AvgIpc) is 2.88. The Balaban J connectivity index is 1.68. The van der Waals surface area contributed by atoms with Crippen LogP contribution in [0.2, 0.25) is 0 Å². The molecule has 0 fully saturated rings. The summed E-state index contributed by atoms with van der Waals surface area (Å²) in [5, 5.41) is 12.0. The third kappa shape index (κ3) is 3.63. The number of hydrogen-bond acceptors (Lipinski definition) is 4. The van der Waals surface area contributed by atoms with Gasteiger partial charge in [-0.05, 0) is 66.6 Å². The van der Waals surface area contributed by atoms with Crippen molar-refractivity contribution < 1.29 is 4.58 Å². The molecule has 3 N–H and O–H groups in total. The first-order valence-electron chi connectivity index (χ1n) is 7.54. The minimum Gasteiger partial charge on any atom is -0.399 e. The van der Waals surface area contributed by atoms with Gasteiger partial charge in [0.1, 0.15) is 5.69 Å². The standard InChI is InChI=1S/C18H19N5/c1-13-11-12-23(2)18(13)22-21-17-9-7-16(8-10-17)20-15-5-3-14(19)4-6-15/h3-13H,1-2H3,(H2,19,21)/p+1. The van der Waals surface area contributed by atoms with Gasteiger partial charge in [-0.1, -0.05) is 0 Å². The lowest BCUT2D eigenvalue weighted by molar-refractivity contribution is -0.420. The largest absolute Gasteiger partial charge is 0.399 e. The highest BCUT2D eigenvalue weighted by atomic mass is 15.2. The highest BCUT2D eigenvalue weighted by Crippen LogP contribution is 2.22. The lowest BCUT2D eigenvalue weighted by atomic mass is 10.2. The van der Waals surface area contributed by atoms with Gasteiger partial charge in [-0.15, -0.1) is 0 Å². The molecule has 1 aliphatic heterocycles. The topological polar surface area (TPSA) is 65.8 Å². The summed E-state index contributed by atoms with van der Waals surface area (Å²) in [6, 6.07) is 15.5. The van der Waals surface area contributed by atoms with Crippen molar-refractivity contribution in [2.75, 3.05) is 18.1 Å². The van der Waals surface area contributed by atoms with Gasteiger partial charge in [0.15, 0.2) is 0 Å². The Kier molecular flexibility index (Phi) is 4.19. The van der Waals surface area contributed by atoms with E-state index in [0.717, 1.165) is 28.6 Å². The maximum Gasteiger partial charge on any atom is 0.332 e. The van der Waals surface area contributed by atoms with Crippen molar-refractivity contribution >= 4 is 28.6 Å². The van der Waals surface area contributed by atoms with Gasteiger partial charge in [0.25, 0.3) is 0 Å². The third-order valence-corrected chi connectivity index (χ3v) is 3.70. The van der Waals surface area contributed by atoms with Gasteiger partial charge in [-0.3, -0.25) is 0 Å². The molecule has 2 aromatic rings. The van der Waals surface area contributed by atoms with Crippen molar-refractivity contribution in [3.63, 3.8) is 0 Å². The fourth-order valence-corrected chi connectivity index (χ4v) is 2.36. The highest BCUT2D eigenvalue weighted by Gasteiger charge is 2.22. The van der Waals surface area contributed by atoms with Gasteiger partial charge in [-0.2, -0.15) is 0 Å². The van der Waals surface area contributed by atoms with Crippen molar-refractivity contribution in [3.8, 4) is 0 Å². The van der Waals surface area contributed by atoms with Crippen LogP contribution in [0.5, 0.6) is 0 Å². The lowest BCUT2D eigenvalue weighted by Gasteiger charge is -2.06. The second kappa shape index (κ2) is 6.44. The van der Waals surface area contributed by atoms with Crippen LogP contribution in [0.15, 0.2) is 71.0 Å². The number of azo groups is 1. The average molecular weight is 306 g/mol. The predicted octanol–water partition coefficient (Wildman–Crippen LogP) is 4.30. The minimum absolute atomic E-state index is 0.301. The molecule has 1 heterocycles. The van der Waals surface area contributed by atoms with E-state index in [9.17, 15) is 0 Å². The van der Waals surface area contributed by atoms with E-state index in [1.807, 2.05) is 66.4 Å². The van der Waals surface area contributed by atoms with Crippen molar-refractivity contribution in [1.82, 2.24) is 0 Å². The van der Waals surface area contributed by atoms with Crippen LogP contribution in [0.3, 0.4) is 0 Å². The van der Waals surface area contributed by atoms with Crippen LogP contribution in [0, 0.1) is 5.92 Å². The number of nitrogens with one attached hydrogen (secondary N) is 1. The number of benzene rings is 2. The lowest BCUT2D eigenvalue weighted by Crippen LogP contribution is -2.10. The van der Waals surface area contributed by atoms with Crippen LogP contribution in [0.1, 0.15) is 6.92 Å². The molecule has 1 unspecified atom stereocenters. The molecular formula is C18H20N5+. The van der Waals surface area contributed by atoms with Gasteiger partial charge in [0, 0.05) is 17.1 Å². The normalized spacial score (nSPS) is 17.2. The third-order valence-electron chi connectivity index (χ3n) is 3.70. The van der Waals surface area contributed by atoms with Crippen molar-refractivity contribution in [3.05, 3.63) is 60.8 Å². The second-order valence-corrected chi connectivity index (χ2v) is 5.59. The fourth-order valence-electron chi connectivity index (χ4n) is 2.36. The van der Waals surface area contributed by atoms with E-state index < -0.39 is 0 Å². The summed E-state index contributed by atoms with van der Waals surface area (Å²) in [6.07, 6.45) is 4.12. The molecule has 1 atom stereocenters. The first-order valence-corrected chi connectivity index (χ1v) is 7.54. The Morgan fingerprint density at radius 3 is 2.13 bits per heavy atom. The van der Waals surface area contributed by atoms with Crippen LogP contribution in [-0.2, 0) is 0 Å². The SMILES string of the molecule is CC1C=C[N+](C)=C1N=Nc1ccc(Nc2ccc(N)cc2)cc1. The molecule has 3 rings (SSSR count). The van der Waals surface area contributed by atoms with Crippen LogP contribution in [-0.4, -0.2) is 17.5 Å². The van der Waals surface area contributed by atoms with E-state index >= 15 is 0 Å². The molecule has 0 aromatic heterocycles. The Labute approximate surface area is 135 Å². The zero-order chi connectivity index (χ0) is 16.2. The molecule has 0 saturated carbocycles. The number of anilines is 3. The van der Waals surface area contributed by atoms with E-state index in [1.165, 1.54) is 0 Å². The number of nitrogens with two attached hydrogens (primary N) is 1. The zero-order valence-electron chi connectivity index (χ0n) is 13.3. The fraction of sp³-hybridized carbons (Fsp3) is 0.167. The number of rotatable bonds is 3. The Morgan fingerprint density at radius 2 is 1.57 bits per heavy atom. The Morgan fingerprint density at radius 1 is 0.957 bits per heavy atom. The maximum absolute atomic E-state index is 5.68. The molecule has 116 valence electrons. The van der Waals surface area contributed by atoms with Gasteiger partial charge in [0.05, 0.1) is 24.3 Å². The summed E-state index contributed by atoms with van der Waals surface area (Å²) in [5.41, 5.74) is 9.26. The minimum atomic E-state index is 0.301. The van der Waals surface area contributed by atoms with Gasteiger partial charge in [0.2, 0.25) is 0 Å². The molecule has 5 nitrogen and oxygen atoms in total. The van der Waals surface area contributed by atoms with Crippen LogP contribution < -0.4 is 11.1 Å². The van der Waals surface area contributed by atoms with Crippen molar-refractivity contribution in [2.24, 2.45) is 16.1 Å². The Bertz CT molecular complexity index is 770. The van der Waals surface area contributed by atoms with Crippen LogP contribution in [0.25, 0.3) is 0 Å². The highest BCUT2D eigenvalue weighted by molar-refractivity contribution is 5.83. The summed E-state index contributed by atoms with van der Waals surface area (Å²) < 4.78 is 1.99. The van der Waals surface area contributed by atoms with E-state index in [-0.39, 0.29) is 0 Å². The summed E-state index contributed by atoms with van der Waals surface area (Å²) in [6.45, 7) is 2.11. The smallest absolute Gasteiger partial charge is 0.332 e. The number of nitrogens with zero attached hydrogens (tertiary/aromatic N) is 3.